The van der Waals surface area contributed by atoms with Gasteiger partial charge in [0, 0.05) is 26.7 Å². The van der Waals surface area contributed by atoms with Crippen molar-refractivity contribution >= 4 is 11.9 Å². The number of nitrogens with one attached hydrogen (secondary N) is 2. The minimum Gasteiger partial charge on any atom is -0.341 e. The standard InChI is InChI=1S/C14H29N5O2/c1-12(13(20)17-14(21)16-2)19-9-5-8-18(10-11-19)7-4-3-6-15/h12H,3-11,15H2,1-2H3,(H2,16,17,20,21). The molecule has 0 aromatic carbocycles. The summed E-state index contributed by atoms with van der Waals surface area (Å²) < 4.78 is 0. The van der Waals surface area contributed by atoms with Gasteiger partial charge in [-0.3, -0.25) is 15.0 Å². The lowest BCUT2D eigenvalue weighted by molar-refractivity contribution is -0.124. The number of hydrogen-bond acceptors (Lipinski definition) is 5. The highest BCUT2D eigenvalue weighted by Crippen LogP contribution is 2.08. The van der Waals surface area contributed by atoms with Crippen LogP contribution in [-0.4, -0.2) is 74.1 Å². The fourth-order valence-corrected chi connectivity index (χ4v) is 2.53. The summed E-state index contributed by atoms with van der Waals surface area (Å²) in [6, 6.07) is -0.739. The second kappa shape index (κ2) is 9.70. The quantitative estimate of drug-likeness (QED) is 0.579. The van der Waals surface area contributed by atoms with E-state index in [1.165, 1.54) is 7.05 Å². The molecule has 0 bridgehead atoms. The highest BCUT2D eigenvalue weighted by atomic mass is 16.2. The van der Waals surface area contributed by atoms with Gasteiger partial charge < -0.3 is 16.0 Å². The Hall–Kier alpha value is -1.18. The van der Waals surface area contributed by atoms with E-state index in [0.717, 1.165) is 58.5 Å². The van der Waals surface area contributed by atoms with E-state index in [0.29, 0.717) is 0 Å². The fraction of sp³-hybridized carbons (Fsp3) is 0.857. The highest BCUT2D eigenvalue weighted by molar-refractivity contribution is 5.96. The van der Waals surface area contributed by atoms with Crippen LogP contribution in [0.1, 0.15) is 26.2 Å². The summed E-state index contributed by atoms with van der Waals surface area (Å²) in [5.74, 6) is -0.245. The topological polar surface area (TPSA) is 90.7 Å². The average molecular weight is 299 g/mol. The number of nitrogens with zero attached hydrogens (tertiary/aromatic N) is 2. The number of urea groups is 1. The zero-order chi connectivity index (χ0) is 15.7. The summed E-state index contributed by atoms with van der Waals surface area (Å²) in [5.41, 5.74) is 5.52. The Labute approximate surface area is 127 Å². The van der Waals surface area contributed by atoms with Crippen molar-refractivity contribution in [3.63, 3.8) is 0 Å². The van der Waals surface area contributed by atoms with E-state index < -0.39 is 6.03 Å². The van der Waals surface area contributed by atoms with Crippen molar-refractivity contribution in [1.82, 2.24) is 20.4 Å². The molecule has 122 valence electrons. The molecule has 1 rings (SSSR count). The first-order valence-electron chi connectivity index (χ1n) is 7.77. The number of hydrogen-bond donors (Lipinski definition) is 3. The molecule has 0 aromatic heterocycles. The third kappa shape index (κ3) is 6.41. The average Bonchev–Trinajstić information content (AvgIpc) is 2.72. The van der Waals surface area contributed by atoms with Gasteiger partial charge in [0.25, 0.3) is 0 Å². The van der Waals surface area contributed by atoms with Crippen LogP contribution in [-0.2, 0) is 4.79 Å². The van der Waals surface area contributed by atoms with Crippen LogP contribution in [0.15, 0.2) is 0 Å². The molecule has 1 heterocycles. The third-order valence-electron chi connectivity index (χ3n) is 3.94. The molecule has 1 saturated heterocycles. The van der Waals surface area contributed by atoms with E-state index in [4.69, 9.17) is 5.73 Å². The maximum absolute atomic E-state index is 12.0. The maximum atomic E-state index is 12.0. The molecule has 0 saturated carbocycles. The van der Waals surface area contributed by atoms with Gasteiger partial charge in [-0.1, -0.05) is 0 Å². The van der Waals surface area contributed by atoms with E-state index in [1.807, 2.05) is 6.92 Å². The van der Waals surface area contributed by atoms with E-state index in [9.17, 15) is 9.59 Å². The van der Waals surface area contributed by atoms with Crippen LogP contribution < -0.4 is 16.4 Å². The third-order valence-corrected chi connectivity index (χ3v) is 3.94. The van der Waals surface area contributed by atoms with Gasteiger partial charge in [0.05, 0.1) is 6.04 Å². The second-order valence-electron chi connectivity index (χ2n) is 5.47. The molecule has 1 fully saturated rings. The summed E-state index contributed by atoms with van der Waals surface area (Å²) in [6.07, 6.45) is 3.23. The summed E-state index contributed by atoms with van der Waals surface area (Å²) in [5, 5.41) is 4.74. The lowest BCUT2D eigenvalue weighted by Gasteiger charge is -2.26. The molecule has 4 N–H and O–H groups in total. The van der Waals surface area contributed by atoms with Gasteiger partial charge in [-0.05, 0) is 45.8 Å². The first kappa shape index (κ1) is 17.9. The molecule has 7 heteroatoms. The molecule has 1 aliphatic rings. The van der Waals surface area contributed by atoms with E-state index >= 15 is 0 Å². The summed E-state index contributed by atoms with van der Waals surface area (Å²) in [6.45, 7) is 7.43. The lowest BCUT2D eigenvalue weighted by atomic mass is 10.2. The molecule has 3 amide bonds. The van der Waals surface area contributed by atoms with Gasteiger partial charge in [0.15, 0.2) is 0 Å². The van der Waals surface area contributed by atoms with Crippen LogP contribution in [0.4, 0.5) is 4.79 Å². The van der Waals surface area contributed by atoms with Gasteiger partial charge in [0.1, 0.15) is 0 Å². The predicted octanol–water partition coefficient (Wildman–Crippen LogP) is -0.423. The normalized spacial score (nSPS) is 18.8. The van der Waals surface area contributed by atoms with Crippen molar-refractivity contribution < 1.29 is 9.59 Å². The molecule has 0 spiro atoms. The Kier molecular flexibility index (Phi) is 8.26. The van der Waals surface area contributed by atoms with Gasteiger partial charge in [0.2, 0.25) is 5.91 Å². The number of amides is 3. The number of imide groups is 1. The Morgan fingerprint density at radius 2 is 1.95 bits per heavy atom. The van der Waals surface area contributed by atoms with Crippen molar-refractivity contribution in [1.29, 1.82) is 0 Å². The van der Waals surface area contributed by atoms with Gasteiger partial charge >= 0.3 is 6.03 Å². The highest BCUT2D eigenvalue weighted by Gasteiger charge is 2.24. The summed E-state index contributed by atoms with van der Waals surface area (Å²) in [4.78, 5) is 27.7. The Balaban J connectivity index is 2.39. The first-order chi connectivity index (χ1) is 10.1. The van der Waals surface area contributed by atoms with Crippen molar-refractivity contribution in [2.45, 2.75) is 32.2 Å². The molecule has 7 nitrogen and oxygen atoms in total. The van der Waals surface area contributed by atoms with Crippen molar-refractivity contribution in [3.8, 4) is 0 Å². The Bertz CT molecular complexity index is 337. The van der Waals surface area contributed by atoms with Crippen LogP contribution in [0.25, 0.3) is 0 Å². The van der Waals surface area contributed by atoms with Gasteiger partial charge in [-0.2, -0.15) is 0 Å². The minimum absolute atomic E-state index is 0.245. The molecule has 1 unspecified atom stereocenters. The second-order valence-corrected chi connectivity index (χ2v) is 5.47. The molecular weight excluding hydrogens is 270 g/mol. The summed E-state index contributed by atoms with van der Waals surface area (Å²) >= 11 is 0. The van der Waals surface area contributed by atoms with E-state index in [-0.39, 0.29) is 11.9 Å². The molecule has 0 aromatic rings. The van der Waals surface area contributed by atoms with Crippen LogP contribution in [0.5, 0.6) is 0 Å². The van der Waals surface area contributed by atoms with Crippen molar-refractivity contribution in [3.05, 3.63) is 0 Å². The number of nitrogens with two attached hydrogens (primary N) is 1. The number of rotatable bonds is 6. The minimum atomic E-state index is -0.454. The van der Waals surface area contributed by atoms with Crippen molar-refractivity contribution in [2.75, 3.05) is 46.3 Å². The van der Waals surface area contributed by atoms with Crippen LogP contribution in [0.3, 0.4) is 0 Å². The van der Waals surface area contributed by atoms with E-state index in [1.54, 1.807) is 0 Å². The molecule has 21 heavy (non-hydrogen) atoms. The molecule has 1 atom stereocenters. The zero-order valence-electron chi connectivity index (χ0n) is 13.2. The smallest absolute Gasteiger partial charge is 0.321 e. The number of unbranched alkanes of at least 4 members (excludes halogenated alkanes) is 1. The fourth-order valence-electron chi connectivity index (χ4n) is 2.53. The predicted molar refractivity (Wildman–Crippen MR) is 83.0 cm³/mol. The lowest BCUT2D eigenvalue weighted by Crippen LogP contribution is -2.49. The molecule has 0 aliphatic carbocycles. The van der Waals surface area contributed by atoms with Crippen LogP contribution >= 0.6 is 0 Å². The van der Waals surface area contributed by atoms with Crippen LogP contribution in [0.2, 0.25) is 0 Å². The Morgan fingerprint density at radius 3 is 2.62 bits per heavy atom. The number of carbonyl (C=O) groups excluding carboxylic acids is 2. The zero-order valence-corrected chi connectivity index (χ0v) is 13.2. The van der Waals surface area contributed by atoms with Crippen molar-refractivity contribution in [2.24, 2.45) is 5.73 Å². The Morgan fingerprint density at radius 1 is 1.19 bits per heavy atom. The van der Waals surface area contributed by atoms with E-state index in [2.05, 4.69) is 20.4 Å². The molecule has 1 aliphatic heterocycles. The number of carbonyl (C=O) groups is 2. The SMILES string of the molecule is CNC(=O)NC(=O)C(C)N1CCCN(CCCCN)CC1. The molecule has 0 radical (unpaired) electrons. The van der Waals surface area contributed by atoms with Gasteiger partial charge in [-0.25, -0.2) is 4.79 Å². The monoisotopic (exact) mass is 299 g/mol. The largest absolute Gasteiger partial charge is 0.341 e. The van der Waals surface area contributed by atoms with Gasteiger partial charge in [-0.15, -0.1) is 0 Å². The first-order valence-corrected chi connectivity index (χ1v) is 7.77. The summed E-state index contributed by atoms with van der Waals surface area (Å²) in [7, 11) is 1.50. The maximum Gasteiger partial charge on any atom is 0.321 e. The molecular formula is C14H29N5O2. The van der Waals surface area contributed by atoms with Crippen LogP contribution in [0, 0.1) is 0 Å².